The summed E-state index contributed by atoms with van der Waals surface area (Å²) in [6.07, 6.45) is 0. The second kappa shape index (κ2) is 5.40. The van der Waals surface area contributed by atoms with Crippen molar-refractivity contribution in [2.24, 2.45) is 0 Å². The van der Waals surface area contributed by atoms with Gasteiger partial charge in [0.25, 0.3) is 0 Å². The van der Waals surface area contributed by atoms with Crippen molar-refractivity contribution >= 4 is 28.7 Å². The predicted molar refractivity (Wildman–Crippen MR) is 81.3 cm³/mol. The minimum absolute atomic E-state index is 0.342. The Hall–Kier alpha value is -1.24. The van der Waals surface area contributed by atoms with Crippen LogP contribution in [0.1, 0.15) is 11.6 Å². The van der Waals surface area contributed by atoms with E-state index in [0.717, 1.165) is 28.7 Å². The van der Waals surface area contributed by atoms with Gasteiger partial charge in [-0.25, -0.2) is 0 Å². The van der Waals surface area contributed by atoms with E-state index in [2.05, 4.69) is 57.4 Å². The predicted octanol–water partition coefficient (Wildman–Crippen LogP) is 2.69. The summed E-state index contributed by atoms with van der Waals surface area (Å²) in [6.45, 7) is 3.04. The van der Waals surface area contributed by atoms with Crippen molar-refractivity contribution in [1.29, 1.82) is 0 Å². The van der Waals surface area contributed by atoms with Gasteiger partial charge in [-0.2, -0.15) is 0 Å². The number of hydrogen-bond acceptors (Lipinski definition) is 5. The highest BCUT2D eigenvalue weighted by Gasteiger charge is 2.28. The van der Waals surface area contributed by atoms with Crippen molar-refractivity contribution in [3.8, 4) is 0 Å². The summed E-state index contributed by atoms with van der Waals surface area (Å²) < 4.78 is 0.737. The van der Waals surface area contributed by atoms with Gasteiger partial charge in [0.2, 0.25) is 5.13 Å². The first-order valence-electron chi connectivity index (χ1n) is 6.29. The van der Waals surface area contributed by atoms with Crippen LogP contribution in [0.3, 0.4) is 0 Å². The van der Waals surface area contributed by atoms with Gasteiger partial charge in [-0.1, -0.05) is 41.7 Å². The Bertz CT molecular complexity index is 592. The first-order valence-corrected chi connectivity index (χ1v) is 7.52. The molecule has 0 amide bonds. The quantitative estimate of drug-likeness (QED) is 0.863. The molecule has 19 heavy (non-hydrogen) atoms. The Balaban J connectivity index is 1.95. The maximum absolute atomic E-state index is 5.14. The fourth-order valence-corrected chi connectivity index (χ4v) is 3.41. The average Bonchev–Trinajstić information content (AvgIpc) is 2.86. The zero-order valence-corrected chi connectivity index (χ0v) is 12.4. The second-order valence-corrected chi connectivity index (χ2v) is 6.42. The molecule has 0 aliphatic carbocycles. The highest BCUT2D eigenvalue weighted by atomic mass is 32.1. The standard InChI is InChI=1S/C13H16N4S2/c1-16-7-8-17(12-14-15-13(18)19-12)11(9-16)10-5-3-2-4-6-10/h2-6,11H,7-9H2,1H3,(H,15,18). The first kappa shape index (κ1) is 12.8. The number of aromatic nitrogens is 2. The summed E-state index contributed by atoms with van der Waals surface area (Å²) in [5.74, 6) is 0. The molecule has 0 bridgehead atoms. The number of hydrogen-bond donors (Lipinski definition) is 1. The van der Waals surface area contributed by atoms with E-state index in [0.29, 0.717) is 6.04 Å². The van der Waals surface area contributed by atoms with Crippen LogP contribution in [0.2, 0.25) is 0 Å². The molecule has 2 heterocycles. The number of nitrogens with zero attached hydrogens (tertiary/aromatic N) is 3. The van der Waals surface area contributed by atoms with Crippen LogP contribution in [0.5, 0.6) is 0 Å². The van der Waals surface area contributed by atoms with Crippen molar-refractivity contribution < 1.29 is 0 Å². The number of likely N-dealkylation sites (N-methyl/N-ethyl adjacent to an activating group) is 1. The number of piperazine rings is 1. The Kier molecular flexibility index (Phi) is 3.63. The monoisotopic (exact) mass is 292 g/mol. The summed E-state index contributed by atoms with van der Waals surface area (Å²) in [6, 6.07) is 10.9. The molecule has 1 aromatic carbocycles. The summed E-state index contributed by atoms with van der Waals surface area (Å²) in [5.41, 5.74) is 1.33. The number of H-pyrrole nitrogens is 1. The Morgan fingerprint density at radius 2 is 2.11 bits per heavy atom. The molecular weight excluding hydrogens is 276 g/mol. The fraction of sp³-hybridized carbons (Fsp3) is 0.385. The molecule has 0 saturated carbocycles. The number of benzene rings is 1. The average molecular weight is 292 g/mol. The lowest BCUT2D eigenvalue weighted by atomic mass is 10.0. The number of nitrogens with one attached hydrogen (secondary N) is 1. The molecule has 0 spiro atoms. The van der Waals surface area contributed by atoms with E-state index >= 15 is 0 Å². The lowest BCUT2D eigenvalue weighted by molar-refractivity contribution is 0.269. The van der Waals surface area contributed by atoms with Gasteiger partial charge < -0.3 is 9.80 Å². The largest absolute Gasteiger partial charge is 0.337 e. The fourth-order valence-electron chi connectivity index (χ4n) is 2.45. The Morgan fingerprint density at radius 3 is 2.79 bits per heavy atom. The van der Waals surface area contributed by atoms with Crippen molar-refractivity contribution in [2.75, 3.05) is 31.6 Å². The van der Waals surface area contributed by atoms with Crippen LogP contribution < -0.4 is 4.90 Å². The lowest BCUT2D eigenvalue weighted by Gasteiger charge is -2.40. The van der Waals surface area contributed by atoms with Gasteiger partial charge >= 0.3 is 0 Å². The number of rotatable bonds is 2. The highest BCUT2D eigenvalue weighted by Crippen LogP contribution is 2.31. The molecule has 4 nitrogen and oxygen atoms in total. The maximum atomic E-state index is 5.14. The van der Waals surface area contributed by atoms with Crippen LogP contribution in [-0.2, 0) is 0 Å². The summed E-state index contributed by atoms with van der Waals surface area (Å²) >= 11 is 6.69. The van der Waals surface area contributed by atoms with E-state index in [-0.39, 0.29) is 0 Å². The zero-order valence-electron chi connectivity index (χ0n) is 10.7. The second-order valence-electron chi connectivity index (χ2n) is 4.78. The molecule has 2 aromatic rings. The van der Waals surface area contributed by atoms with Gasteiger partial charge in [0.1, 0.15) is 0 Å². The van der Waals surface area contributed by atoms with Gasteiger partial charge in [-0.15, -0.1) is 5.10 Å². The van der Waals surface area contributed by atoms with Crippen LogP contribution in [-0.4, -0.2) is 41.8 Å². The molecule has 6 heteroatoms. The summed E-state index contributed by atoms with van der Waals surface area (Å²) in [7, 11) is 2.17. The molecule has 100 valence electrons. The van der Waals surface area contributed by atoms with Crippen LogP contribution in [0.25, 0.3) is 0 Å². The molecule has 1 fully saturated rings. The van der Waals surface area contributed by atoms with Crippen LogP contribution in [0.15, 0.2) is 30.3 Å². The zero-order chi connectivity index (χ0) is 13.2. The van der Waals surface area contributed by atoms with Crippen molar-refractivity contribution in [3.05, 3.63) is 39.8 Å². The van der Waals surface area contributed by atoms with E-state index in [1.165, 1.54) is 5.56 Å². The summed E-state index contributed by atoms with van der Waals surface area (Å²) in [5, 5.41) is 8.21. The number of anilines is 1. The first-order chi connectivity index (χ1) is 9.24. The smallest absolute Gasteiger partial charge is 0.207 e. The molecule has 1 aromatic heterocycles. The van der Waals surface area contributed by atoms with E-state index in [1.807, 2.05) is 0 Å². The highest BCUT2D eigenvalue weighted by molar-refractivity contribution is 7.73. The molecule has 1 aliphatic rings. The van der Waals surface area contributed by atoms with Crippen LogP contribution in [0.4, 0.5) is 5.13 Å². The minimum Gasteiger partial charge on any atom is -0.337 e. The van der Waals surface area contributed by atoms with Crippen molar-refractivity contribution in [2.45, 2.75) is 6.04 Å². The van der Waals surface area contributed by atoms with E-state index in [4.69, 9.17) is 12.2 Å². The Labute approximate surface area is 121 Å². The number of aromatic amines is 1. The third-order valence-electron chi connectivity index (χ3n) is 3.44. The van der Waals surface area contributed by atoms with Crippen LogP contribution in [0, 0.1) is 3.95 Å². The van der Waals surface area contributed by atoms with Crippen molar-refractivity contribution in [1.82, 2.24) is 15.1 Å². The lowest BCUT2D eigenvalue weighted by Crippen LogP contribution is -2.46. The maximum Gasteiger partial charge on any atom is 0.207 e. The van der Waals surface area contributed by atoms with Crippen molar-refractivity contribution in [3.63, 3.8) is 0 Å². The topological polar surface area (TPSA) is 35.2 Å². The minimum atomic E-state index is 0.342. The van der Waals surface area contributed by atoms with Gasteiger partial charge in [0, 0.05) is 19.6 Å². The molecule has 0 radical (unpaired) electrons. The molecule has 1 aliphatic heterocycles. The van der Waals surface area contributed by atoms with Crippen LogP contribution >= 0.6 is 23.6 Å². The molecule has 3 rings (SSSR count). The SMILES string of the molecule is CN1CCN(c2n[nH]c(=S)s2)C(c2ccccc2)C1. The normalized spacial score (nSPS) is 20.7. The van der Waals surface area contributed by atoms with Gasteiger partial charge in [0.05, 0.1) is 6.04 Å². The third-order valence-corrected chi connectivity index (χ3v) is 4.57. The van der Waals surface area contributed by atoms with Gasteiger partial charge in [-0.05, 0) is 24.8 Å². The van der Waals surface area contributed by atoms with Gasteiger partial charge in [-0.3, -0.25) is 5.10 Å². The summed E-state index contributed by atoms with van der Waals surface area (Å²) in [4.78, 5) is 4.71. The Morgan fingerprint density at radius 1 is 1.32 bits per heavy atom. The third kappa shape index (κ3) is 2.70. The molecular formula is C13H16N4S2. The molecule has 1 unspecified atom stereocenters. The van der Waals surface area contributed by atoms with E-state index in [9.17, 15) is 0 Å². The molecule has 1 N–H and O–H groups in total. The van der Waals surface area contributed by atoms with Gasteiger partial charge in [0.15, 0.2) is 3.95 Å². The molecule has 1 atom stereocenters. The molecule has 1 saturated heterocycles. The van der Waals surface area contributed by atoms with E-state index in [1.54, 1.807) is 11.3 Å². The van der Waals surface area contributed by atoms with E-state index < -0.39 is 0 Å².